The highest BCUT2D eigenvalue weighted by atomic mass is 32.2. The van der Waals surface area contributed by atoms with Crippen molar-refractivity contribution in [1.82, 2.24) is 0 Å². The number of thioether (sulfide) groups is 2. The molecule has 0 aromatic heterocycles. The highest BCUT2D eigenvalue weighted by Gasteiger charge is 2.79. The third-order valence-corrected chi connectivity index (χ3v) is 13.3. The Morgan fingerprint density at radius 3 is 2.38 bits per heavy atom. The van der Waals surface area contributed by atoms with E-state index in [2.05, 4.69) is 31.2 Å². The quantitative estimate of drug-likeness (QED) is 0.286. The van der Waals surface area contributed by atoms with E-state index >= 15 is 0 Å². The molecular weight excluding hydrogens is 508 g/mol. The average Bonchev–Trinajstić information content (AvgIpc) is 3.40. The minimum Gasteiger partial charge on any atom is -0.468 e. The SMILES string of the molecule is COC(=O)C1(C(=O)OC)CCC2C3(C=CC4(O3)[C@H](OCc3ccccc3)C3(CC[C@@]24C)SCCCS3)C1. The highest BCUT2D eigenvalue weighted by Crippen LogP contribution is 2.75. The summed E-state index contributed by atoms with van der Waals surface area (Å²) in [4.78, 5) is 26.1. The van der Waals surface area contributed by atoms with Gasteiger partial charge in [0.25, 0.3) is 0 Å². The van der Waals surface area contributed by atoms with E-state index in [-0.39, 0.29) is 27.9 Å². The van der Waals surface area contributed by atoms with Gasteiger partial charge in [0, 0.05) is 17.8 Å². The van der Waals surface area contributed by atoms with Crippen molar-refractivity contribution in [1.29, 1.82) is 0 Å². The molecule has 8 heteroatoms. The van der Waals surface area contributed by atoms with E-state index in [1.54, 1.807) is 0 Å². The average molecular weight is 545 g/mol. The van der Waals surface area contributed by atoms with Crippen LogP contribution in [0.3, 0.4) is 0 Å². The van der Waals surface area contributed by atoms with Crippen LogP contribution in [0, 0.1) is 16.7 Å². The molecule has 6 rings (SSSR count). The Bertz CT molecular complexity index is 1080. The second-order valence-electron chi connectivity index (χ2n) is 11.5. The molecule has 3 aliphatic heterocycles. The van der Waals surface area contributed by atoms with Crippen LogP contribution < -0.4 is 0 Å². The number of hydrogen-bond acceptors (Lipinski definition) is 8. The molecule has 2 saturated carbocycles. The van der Waals surface area contributed by atoms with E-state index in [0.717, 1.165) is 29.9 Å². The molecule has 2 bridgehead atoms. The minimum absolute atomic E-state index is 0.0856. The first kappa shape index (κ1) is 25.8. The maximum absolute atomic E-state index is 13.1. The van der Waals surface area contributed by atoms with Gasteiger partial charge in [-0.05, 0) is 49.2 Å². The van der Waals surface area contributed by atoms with Crippen LogP contribution in [0.2, 0.25) is 0 Å². The second-order valence-corrected chi connectivity index (χ2v) is 14.6. The van der Waals surface area contributed by atoms with Crippen molar-refractivity contribution in [3.63, 3.8) is 0 Å². The number of carbonyl (C=O) groups excluding carboxylic acids is 2. The summed E-state index contributed by atoms with van der Waals surface area (Å²) in [6, 6.07) is 10.3. The van der Waals surface area contributed by atoms with Gasteiger partial charge < -0.3 is 18.9 Å². The smallest absolute Gasteiger partial charge is 0.323 e. The molecule has 5 atom stereocenters. The molecular formula is C29H36O6S2. The lowest BCUT2D eigenvalue weighted by Gasteiger charge is -2.59. The molecule has 0 radical (unpaired) electrons. The van der Waals surface area contributed by atoms with Crippen LogP contribution >= 0.6 is 23.5 Å². The number of hydrogen-bond donors (Lipinski definition) is 0. The van der Waals surface area contributed by atoms with Crippen LogP contribution in [-0.4, -0.2) is 59.0 Å². The third-order valence-electron chi connectivity index (χ3n) is 9.84. The first-order chi connectivity index (χ1) is 17.8. The fourth-order valence-electron chi connectivity index (χ4n) is 8.10. The van der Waals surface area contributed by atoms with E-state index in [0.29, 0.717) is 19.4 Å². The second kappa shape index (κ2) is 9.04. The van der Waals surface area contributed by atoms with Gasteiger partial charge in [0.1, 0.15) is 11.7 Å². The van der Waals surface area contributed by atoms with Gasteiger partial charge in [-0.15, -0.1) is 23.5 Å². The third kappa shape index (κ3) is 3.47. The molecule has 37 heavy (non-hydrogen) atoms. The zero-order valence-electron chi connectivity index (χ0n) is 21.8. The number of benzene rings is 1. The summed E-state index contributed by atoms with van der Waals surface area (Å²) in [5.41, 5.74) is -1.71. The lowest BCUT2D eigenvalue weighted by Crippen LogP contribution is -2.65. The maximum atomic E-state index is 13.1. The van der Waals surface area contributed by atoms with Crippen LogP contribution in [-0.2, 0) is 35.1 Å². The Morgan fingerprint density at radius 2 is 1.70 bits per heavy atom. The molecule has 4 fully saturated rings. The number of methoxy groups -OCH3 is 2. The number of rotatable bonds is 5. The lowest BCUT2D eigenvalue weighted by molar-refractivity contribution is -0.189. The predicted molar refractivity (Wildman–Crippen MR) is 144 cm³/mol. The van der Waals surface area contributed by atoms with Crippen molar-refractivity contribution in [2.24, 2.45) is 16.7 Å². The van der Waals surface area contributed by atoms with Crippen LogP contribution in [0.1, 0.15) is 51.0 Å². The van der Waals surface area contributed by atoms with Gasteiger partial charge in [0.05, 0.1) is 30.5 Å². The number of carbonyl (C=O) groups is 2. The van der Waals surface area contributed by atoms with Crippen LogP contribution in [0.5, 0.6) is 0 Å². The molecule has 200 valence electrons. The van der Waals surface area contributed by atoms with E-state index in [4.69, 9.17) is 18.9 Å². The summed E-state index contributed by atoms with van der Waals surface area (Å²) in [6.07, 6.45) is 8.88. The van der Waals surface area contributed by atoms with Crippen molar-refractivity contribution in [2.75, 3.05) is 25.7 Å². The Labute approximate surface area is 227 Å². The van der Waals surface area contributed by atoms with Gasteiger partial charge in [0.15, 0.2) is 5.41 Å². The molecule has 5 aliphatic rings. The topological polar surface area (TPSA) is 71.1 Å². The highest BCUT2D eigenvalue weighted by molar-refractivity contribution is 8.18. The zero-order chi connectivity index (χ0) is 25.9. The molecule has 1 aromatic rings. The Morgan fingerprint density at radius 1 is 1.00 bits per heavy atom. The number of fused-ring (bicyclic) bond motifs is 1. The van der Waals surface area contributed by atoms with Crippen molar-refractivity contribution >= 4 is 35.5 Å². The summed E-state index contributed by atoms with van der Waals surface area (Å²) in [6.45, 7) is 2.88. The zero-order valence-corrected chi connectivity index (χ0v) is 23.5. The largest absolute Gasteiger partial charge is 0.468 e. The number of esters is 2. The molecule has 2 saturated heterocycles. The molecule has 2 aliphatic carbocycles. The van der Waals surface area contributed by atoms with Gasteiger partial charge in [-0.1, -0.05) is 49.4 Å². The van der Waals surface area contributed by atoms with Gasteiger partial charge >= 0.3 is 11.9 Å². The Balaban J connectivity index is 1.40. The van der Waals surface area contributed by atoms with Gasteiger partial charge in [-0.3, -0.25) is 9.59 Å². The van der Waals surface area contributed by atoms with Crippen LogP contribution in [0.25, 0.3) is 0 Å². The Hall–Kier alpha value is -1.48. The molecule has 1 aromatic carbocycles. The maximum Gasteiger partial charge on any atom is 0.323 e. The van der Waals surface area contributed by atoms with Crippen LogP contribution in [0.15, 0.2) is 42.5 Å². The fourth-order valence-corrected chi connectivity index (χ4v) is 11.7. The van der Waals surface area contributed by atoms with Crippen LogP contribution in [0.4, 0.5) is 0 Å². The first-order valence-corrected chi connectivity index (χ1v) is 15.3. The first-order valence-electron chi connectivity index (χ1n) is 13.3. The van der Waals surface area contributed by atoms with Crippen molar-refractivity contribution in [2.45, 2.75) is 73.4 Å². The molecule has 3 unspecified atom stereocenters. The summed E-state index contributed by atoms with van der Waals surface area (Å²) in [7, 11) is 2.68. The van der Waals surface area contributed by atoms with Crippen molar-refractivity contribution < 1.29 is 28.5 Å². The standard InChI is InChI=1S/C29H36O6S2/c1-25-12-15-29(36-16-7-17-37-29)22(34-18-20-8-5-4-6-9-20)28(25)14-13-27(35-28)19-26(23(30)32-2,24(31)33-3)11-10-21(25)27/h4-6,8-9,13-14,21-22H,7,10-12,15-19H2,1-3H3/t21?,22-,25-,27?,28?/m0/s1. The van der Waals surface area contributed by atoms with E-state index < -0.39 is 28.6 Å². The van der Waals surface area contributed by atoms with Gasteiger partial charge in [-0.25, -0.2) is 0 Å². The molecule has 0 N–H and O–H groups in total. The summed E-state index contributed by atoms with van der Waals surface area (Å²) in [5, 5.41) is 0. The summed E-state index contributed by atoms with van der Waals surface area (Å²) in [5.74, 6) is 1.37. The summed E-state index contributed by atoms with van der Waals surface area (Å²) < 4.78 is 24.4. The predicted octanol–water partition coefficient (Wildman–Crippen LogP) is 5.15. The normalized spacial score (nSPS) is 38.6. The van der Waals surface area contributed by atoms with E-state index in [9.17, 15) is 9.59 Å². The van der Waals surface area contributed by atoms with E-state index in [1.807, 2.05) is 41.7 Å². The molecule has 6 nitrogen and oxygen atoms in total. The lowest BCUT2D eigenvalue weighted by atomic mass is 9.49. The molecule has 0 amide bonds. The molecule has 3 spiro atoms. The monoisotopic (exact) mass is 544 g/mol. The fraction of sp³-hybridized carbons (Fsp3) is 0.655. The van der Waals surface area contributed by atoms with Gasteiger partial charge in [0.2, 0.25) is 0 Å². The minimum atomic E-state index is -1.36. The van der Waals surface area contributed by atoms with Crippen molar-refractivity contribution in [3.05, 3.63) is 48.0 Å². The van der Waals surface area contributed by atoms with Gasteiger partial charge in [-0.2, -0.15) is 0 Å². The summed E-state index contributed by atoms with van der Waals surface area (Å²) >= 11 is 4.07. The number of ether oxygens (including phenoxy) is 4. The van der Waals surface area contributed by atoms with Crippen molar-refractivity contribution in [3.8, 4) is 0 Å². The Kier molecular flexibility index (Phi) is 6.30. The molecule has 3 heterocycles. The van der Waals surface area contributed by atoms with E-state index in [1.165, 1.54) is 20.6 Å².